The fourth-order valence-corrected chi connectivity index (χ4v) is 3.53. The third-order valence-corrected chi connectivity index (χ3v) is 4.99. The standard InChI is InChI=1S/C16H18FNS/c1-11(16-7-4-8-19-16)18-13-9-12(10-13)14-5-2-3-6-15(14)17/h2-8,11-13,18H,9-10H2,1H3. The van der Waals surface area contributed by atoms with Crippen molar-refractivity contribution in [3.05, 3.63) is 58.0 Å². The van der Waals surface area contributed by atoms with Gasteiger partial charge in [-0.3, -0.25) is 0 Å². The fourth-order valence-electron chi connectivity index (χ4n) is 2.79. The smallest absolute Gasteiger partial charge is 0.126 e. The molecule has 0 bridgehead atoms. The summed E-state index contributed by atoms with van der Waals surface area (Å²) in [5.74, 6) is 0.325. The van der Waals surface area contributed by atoms with Gasteiger partial charge in [-0.15, -0.1) is 11.3 Å². The molecule has 0 spiro atoms. The first-order valence-corrected chi connectivity index (χ1v) is 7.66. The van der Waals surface area contributed by atoms with E-state index in [1.807, 2.05) is 12.1 Å². The summed E-state index contributed by atoms with van der Waals surface area (Å²) in [7, 11) is 0. The molecule has 3 heteroatoms. The summed E-state index contributed by atoms with van der Waals surface area (Å²) in [6, 6.07) is 12.3. The second-order valence-corrected chi connectivity index (χ2v) is 6.27. The van der Waals surface area contributed by atoms with Gasteiger partial charge in [-0.05, 0) is 48.8 Å². The van der Waals surface area contributed by atoms with E-state index in [0.717, 1.165) is 18.4 Å². The summed E-state index contributed by atoms with van der Waals surface area (Å²) >= 11 is 1.78. The van der Waals surface area contributed by atoms with E-state index >= 15 is 0 Å². The van der Waals surface area contributed by atoms with Crippen LogP contribution in [0.5, 0.6) is 0 Å². The molecule has 19 heavy (non-hydrogen) atoms. The van der Waals surface area contributed by atoms with Crippen molar-refractivity contribution in [3.8, 4) is 0 Å². The first kappa shape index (κ1) is 12.8. The minimum absolute atomic E-state index is 0.0581. The van der Waals surface area contributed by atoms with Crippen molar-refractivity contribution in [2.24, 2.45) is 0 Å². The van der Waals surface area contributed by atoms with E-state index in [1.54, 1.807) is 23.5 Å². The number of thiophene rings is 1. The highest BCUT2D eigenvalue weighted by Crippen LogP contribution is 2.39. The third-order valence-electron chi connectivity index (χ3n) is 3.94. The quantitative estimate of drug-likeness (QED) is 0.867. The summed E-state index contributed by atoms with van der Waals surface area (Å²) in [5, 5.41) is 5.73. The Hall–Kier alpha value is -1.19. The minimum atomic E-state index is -0.0581. The van der Waals surface area contributed by atoms with E-state index in [4.69, 9.17) is 0 Å². The summed E-state index contributed by atoms with van der Waals surface area (Å²) in [4.78, 5) is 1.37. The lowest BCUT2D eigenvalue weighted by atomic mass is 9.75. The van der Waals surface area contributed by atoms with Crippen LogP contribution in [0.4, 0.5) is 4.39 Å². The van der Waals surface area contributed by atoms with Crippen molar-refractivity contribution in [1.82, 2.24) is 5.32 Å². The van der Waals surface area contributed by atoms with Gasteiger partial charge in [0.2, 0.25) is 0 Å². The van der Waals surface area contributed by atoms with E-state index in [0.29, 0.717) is 18.0 Å². The second-order valence-electron chi connectivity index (χ2n) is 5.29. The normalized spacial score (nSPS) is 23.9. The minimum Gasteiger partial charge on any atom is -0.307 e. The second kappa shape index (κ2) is 5.43. The molecule has 0 aliphatic heterocycles. The van der Waals surface area contributed by atoms with Crippen LogP contribution in [0.15, 0.2) is 41.8 Å². The molecule has 1 aliphatic rings. The van der Waals surface area contributed by atoms with Gasteiger partial charge in [-0.2, -0.15) is 0 Å². The van der Waals surface area contributed by atoms with Crippen LogP contribution in [0.25, 0.3) is 0 Å². The number of halogens is 1. The van der Waals surface area contributed by atoms with Crippen LogP contribution in [0.2, 0.25) is 0 Å². The van der Waals surface area contributed by atoms with Gasteiger partial charge in [0.1, 0.15) is 5.82 Å². The number of benzene rings is 1. The molecular formula is C16H18FNS. The van der Waals surface area contributed by atoms with Crippen LogP contribution in [0, 0.1) is 5.82 Å². The van der Waals surface area contributed by atoms with E-state index < -0.39 is 0 Å². The number of hydrogen-bond donors (Lipinski definition) is 1. The van der Waals surface area contributed by atoms with E-state index in [9.17, 15) is 4.39 Å². The molecule has 1 atom stereocenters. The lowest BCUT2D eigenvalue weighted by molar-refractivity contribution is 0.267. The molecule has 1 aromatic heterocycles. The van der Waals surface area contributed by atoms with Crippen molar-refractivity contribution in [3.63, 3.8) is 0 Å². The predicted octanol–water partition coefficient (Wildman–Crippen LogP) is 4.48. The van der Waals surface area contributed by atoms with Crippen molar-refractivity contribution < 1.29 is 4.39 Å². The average Bonchev–Trinajstić information content (AvgIpc) is 2.88. The molecule has 1 aliphatic carbocycles. The van der Waals surface area contributed by atoms with Crippen molar-refractivity contribution in [2.75, 3.05) is 0 Å². The molecular weight excluding hydrogens is 257 g/mol. The highest BCUT2D eigenvalue weighted by molar-refractivity contribution is 7.10. The highest BCUT2D eigenvalue weighted by Gasteiger charge is 2.32. The lowest BCUT2D eigenvalue weighted by Gasteiger charge is -2.38. The molecule has 3 rings (SSSR count). The van der Waals surface area contributed by atoms with Crippen LogP contribution < -0.4 is 5.32 Å². The Balaban J connectivity index is 1.55. The first-order chi connectivity index (χ1) is 9.24. The monoisotopic (exact) mass is 275 g/mol. The van der Waals surface area contributed by atoms with Crippen LogP contribution in [-0.2, 0) is 0 Å². The molecule has 0 radical (unpaired) electrons. The van der Waals surface area contributed by atoms with Gasteiger partial charge in [0.25, 0.3) is 0 Å². The zero-order valence-corrected chi connectivity index (χ0v) is 11.8. The summed E-state index contributed by atoms with van der Waals surface area (Å²) in [6.45, 7) is 2.20. The molecule has 1 unspecified atom stereocenters. The van der Waals surface area contributed by atoms with Gasteiger partial charge >= 0.3 is 0 Å². The third kappa shape index (κ3) is 2.72. The molecule has 2 aromatic rings. The zero-order chi connectivity index (χ0) is 13.2. The van der Waals surface area contributed by atoms with Crippen molar-refractivity contribution >= 4 is 11.3 Å². The number of hydrogen-bond acceptors (Lipinski definition) is 2. The molecule has 0 amide bonds. The molecule has 100 valence electrons. The molecule has 1 heterocycles. The van der Waals surface area contributed by atoms with Gasteiger partial charge in [0.05, 0.1) is 0 Å². The zero-order valence-electron chi connectivity index (χ0n) is 11.0. The Bertz CT molecular complexity index is 531. The van der Waals surface area contributed by atoms with Gasteiger partial charge < -0.3 is 5.32 Å². The van der Waals surface area contributed by atoms with E-state index in [1.165, 1.54) is 4.88 Å². The topological polar surface area (TPSA) is 12.0 Å². The Morgan fingerprint density at radius 3 is 2.68 bits per heavy atom. The Morgan fingerprint density at radius 2 is 2.00 bits per heavy atom. The maximum atomic E-state index is 13.7. The highest BCUT2D eigenvalue weighted by atomic mass is 32.1. The molecule has 0 saturated heterocycles. The summed E-state index contributed by atoms with van der Waals surface area (Å²) in [5.41, 5.74) is 0.879. The molecule has 1 aromatic carbocycles. The first-order valence-electron chi connectivity index (χ1n) is 6.78. The largest absolute Gasteiger partial charge is 0.307 e. The molecule has 1 fully saturated rings. The van der Waals surface area contributed by atoms with Crippen molar-refractivity contribution in [1.29, 1.82) is 0 Å². The molecule has 1 nitrogen and oxygen atoms in total. The van der Waals surface area contributed by atoms with Gasteiger partial charge in [0, 0.05) is 17.0 Å². The Morgan fingerprint density at radius 1 is 1.21 bits per heavy atom. The number of rotatable bonds is 4. The Kier molecular flexibility index (Phi) is 3.67. The lowest BCUT2D eigenvalue weighted by Crippen LogP contribution is -2.41. The molecule has 1 saturated carbocycles. The van der Waals surface area contributed by atoms with Gasteiger partial charge in [0.15, 0.2) is 0 Å². The van der Waals surface area contributed by atoms with Crippen molar-refractivity contribution in [2.45, 2.75) is 37.8 Å². The van der Waals surface area contributed by atoms with Crippen LogP contribution in [0.3, 0.4) is 0 Å². The fraction of sp³-hybridized carbons (Fsp3) is 0.375. The summed E-state index contributed by atoms with van der Waals surface area (Å²) in [6.07, 6.45) is 2.08. The van der Waals surface area contributed by atoms with E-state index in [-0.39, 0.29) is 5.82 Å². The predicted molar refractivity (Wildman–Crippen MR) is 78.0 cm³/mol. The van der Waals surface area contributed by atoms with Crippen LogP contribution in [-0.4, -0.2) is 6.04 Å². The number of nitrogens with one attached hydrogen (secondary N) is 1. The van der Waals surface area contributed by atoms with Crippen LogP contribution in [0.1, 0.15) is 42.2 Å². The Labute approximate surface area is 117 Å². The maximum absolute atomic E-state index is 13.7. The SMILES string of the molecule is CC(NC1CC(c2ccccc2F)C1)c1cccs1. The van der Waals surface area contributed by atoms with Gasteiger partial charge in [-0.25, -0.2) is 4.39 Å². The van der Waals surface area contributed by atoms with Crippen LogP contribution >= 0.6 is 11.3 Å². The molecule has 1 N–H and O–H groups in total. The average molecular weight is 275 g/mol. The summed E-state index contributed by atoms with van der Waals surface area (Å²) < 4.78 is 13.7. The van der Waals surface area contributed by atoms with Gasteiger partial charge in [-0.1, -0.05) is 24.3 Å². The van der Waals surface area contributed by atoms with E-state index in [2.05, 4.69) is 29.8 Å². The maximum Gasteiger partial charge on any atom is 0.126 e.